The molecular weight excluding hydrogens is 260 g/mol. The predicted molar refractivity (Wildman–Crippen MR) is 88.3 cm³/mol. The van der Waals surface area contributed by atoms with E-state index < -0.39 is 0 Å². The van der Waals surface area contributed by atoms with Gasteiger partial charge in [-0.3, -0.25) is 4.98 Å². The minimum Gasteiger partial charge on any atom is -0.380 e. The van der Waals surface area contributed by atoms with E-state index in [4.69, 9.17) is 5.73 Å². The van der Waals surface area contributed by atoms with Crippen molar-refractivity contribution in [3.05, 3.63) is 71.6 Å². The van der Waals surface area contributed by atoms with Gasteiger partial charge in [-0.1, -0.05) is 36.4 Å². The van der Waals surface area contributed by atoms with Gasteiger partial charge in [-0.2, -0.15) is 5.10 Å². The first-order valence-electron chi connectivity index (χ1n) is 6.72. The van der Waals surface area contributed by atoms with Crippen molar-refractivity contribution >= 4 is 17.6 Å². The molecule has 0 amide bonds. The molecule has 1 aromatic carbocycles. The summed E-state index contributed by atoms with van der Waals surface area (Å²) in [6, 6.07) is 13.6. The number of hydrogen-bond acceptors (Lipinski definition) is 3. The van der Waals surface area contributed by atoms with Crippen LogP contribution < -0.4 is 5.73 Å². The second-order valence-electron chi connectivity index (χ2n) is 4.54. The van der Waals surface area contributed by atoms with Crippen LogP contribution in [0.2, 0.25) is 0 Å². The van der Waals surface area contributed by atoms with Crippen LogP contribution in [-0.4, -0.2) is 17.0 Å². The van der Waals surface area contributed by atoms with Gasteiger partial charge in [0.1, 0.15) is 5.69 Å². The Morgan fingerprint density at radius 1 is 1.14 bits per heavy atom. The fourth-order valence-corrected chi connectivity index (χ4v) is 1.72. The standard InChI is InChI=1S/C17H18N4/c1-3-13(2)15-9-7-14(8-10-15)12-20-21-17(18)16-6-4-5-11-19-16/h3-12H,1-2H3,(H2,18,21)/b13-3+,20-12+. The summed E-state index contributed by atoms with van der Waals surface area (Å²) in [4.78, 5) is 4.11. The van der Waals surface area contributed by atoms with Crippen LogP contribution in [0, 0.1) is 0 Å². The molecule has 1 heterocycles. The molecule has 0 bridgehead atoms. The molecular formula is C17H18N4. The molecule has 0 aliphatic rings. The lowest BCUT2D eigenvalue weighted by atomic mass is 10.1. The van der Waals surface area contributed by atoms with E-state index in [1.165, 1.54) is 11.1 Å². The van der Waals surface area contributed by atoms with Crippen molar-refractivity contribution in [2.24, 2.45) is 15.9 Å². The maximum absolute atomic E-state index is 5.81. The second kappa shape index (κ2) is 7.14. The van der Waals surface area contributed by atoms with Crippen LogP contribution >= 0.6 is 0 Å². The van der Waals surface area contributed by atoms with E-state index in [0.717, 1.165) is 5.56 Å². The highest BCUT2D eigenvalue weighted by molar-refractivity contribution is 5.95. The molecule has 4 heteroatoms. The van der Waals surface area contributed by atoms with Crippen LogP contribution in [0.4, 0.5) is 0 Å². The van der Waals surface area contributed by atoms with E-state index in [2.05, 4.69) is 40.3 Å². The van der Waals surface area contributed by atoms with Crippen LogP contribution in [0.1, 0.15) is 30.7 Å². The Morgan fingerprint density at radius 3 is 2.52 bits per heavy atom. The topological polar surface area (TPSA) is 63.6 Å². The highest BCUT2D eigenvalue weighted by Gasteiger charge is 1.97. The van der Waals surface area contributed by atoms with Gasteiger partial charge >= 0.3 is 0 Å². The number of hydrogen-bond donors (Lipinski definition) is 1. The summed E-state index contributed by atoms with van der Waals surface area (Å²) >= 11 is 0. The molecule has 0 atom stereocenters. The third-order valence-corrected chi connectivity index (χ3v) is 3.10. The smallest absolute Gasteiger partial charge is 0.171 e. The summed E-state index contributed by atoms with van der Waals surface area (Å²) in [5.74, 6) is 0.299. The number of nitrogens with two attached hydrogens (primary N) is 1. The van der Waals surface area contributed by atoms with Gasteiger partial charge in [-0.05, 0) is 42.7 Å². The lowest BCUT2D eigenvalue weighted by Gasteiger charge is -2.00. The molecule has 0 radical (unpaired) electrons. The lowest BCUT2D eigenvalue weighted by molar-refractivity contribution is 1.20. The number of aromatic nitrogens is 1. The normalized spacial score (nSPS) is 12.9. The Hall–Kier alpha value is -2.75. The average molecular weight is 278 g/mol. The summed E-state index contributed by atoms with van der Waals surface area (Å²) < 4.78 is 0. The number of benzene rings is 1. The van der Waals surface area contributed by atoms with Crippen LogP contribution in [0.3, 0.4) is 0 Å². The molecule has 106 valence electrons. The van der Waals surface area contributed by atoms with Crippen molar-refractivity contribution in [2.45, 2.75) is 13.8 Å². The third-order valence-electron chi connectivity index (χ3n) is 3.10. The maximum atomic E-state index is 5.81. The molecule has 0 aliphatic carbocycles. The minimum atomic E-state index is 0.299. The van der Waals surface area contributed by atoms with Crippen LogP contribution in [0.15, 0.2) is 64.9 Å². The van der Waals surface area contributed by atoms with E-state index in [-0.39, 0.29) is 0 Å². The van der Waals surface area contributed by atoms with Gasteiger partial charge in [-0.25, -0.2) is 0 Å². The van der Waals surface area contributed by atoms with Crippen molar-refractivity contribution in [2.75, 3.05) is 0 Å². The van der Waals surface area contributed by atoms with Gasteiger partial charge in [0, 0.05) is 6.20 Å². The highest BCUT2D eigenvalue weighted by atomic mass is 15.2. The number of rotatable bonds is 4. The Morgan fingerprint density at radius 2 is 1.90 bits per heavy atom. The summed E-state index contributed by atoms with van der Waals surface area (Å²) in [5, 5.41) is 7.95. The molecule has 0 aliphatic heterocycles. The predicted octanol–water partition coefficient (Wildman–Crippen LogP) is 3.24. The first-order valence-corrected chi connectivity index (χ1v) is 6.72. The number of nitrogens with zero attached hydrogens (tertiary/aromatic N) is 3. The van der Waals surface area contributed by atoms with E-state index in [1.54, 1.807) is 18.5 Å². The van der Waals surface area contributed by atoms with Gasteiger partial charge in [0.15, 0.2) is 5.84 Å². The van der Waals surface area contributed by atoms with Gasteiger partial charge in [-0.15, -0.1) is 5.10 Å². The second-order valence-corrected chi connectivity index (χ2v) is 4.54. The summed E-state index contributed by atoms with van der Waals surface area (Å²) in [7, 11) is 0. The monoisotopic (exact) mass is 278 g/mol. The summed E-state index contributed by atoms with van der Waals surface area (Å²) in [6.07, 6.45) is 5.43. The molecule has 2 aromatic rings. The van der Waals surface area contributed by atoms with E-state index in [1.807, 2.05) is 31.2 Å². The summed E-state index contributed by atoms with van der Waals surface area (Å²) in [5.41, 5.74) is 9.85. The van der Waals surface area contributed by atoms with Gasteiger partial charge in [0.25, 0.3) is 0 Å². The third kappa shape index (κ3) is 4.11. The van der Waals surface area contributed by atoms with Gasteiger partial charge in [0.2, 0.25) is 0 Å². The Bertz CT molecular complexity index is 668. The molecule has 1 aromatic heterocycles. The Kier molecular flexibility index (Phi) is 4.99. The first-order chi connectivity index (χ1) is 10.2. The molecule has 0 spiro atoms. The molecule has 2 N–H and O–H groups in total. The fraction of sp³-hybridized carbons (Fsp3) is 0.118. The zero-order chi connectivity index (χ0) is 15.1. The summed E-state index contributed by atoms with van der Waals surface area (Å²) in [6.45, 7) is 4.11. The molecule has 0 unspecified atom stereocenters. The Labute approximate surface area is 124 Å². The highest BCUT2D eigenvalue weighted by Crippen LogP contribution is 2.13. The minimum absolute atomic E-state index is 0.299. The van der Waals surface area contributed by atoms with E-state index in [9.17, 15) is 0 Å². The number of allylic oxidation sites excluding steroid dienone is 2. The average Bonchev–Trinajstić information content (AvgIpc) is 2.55. The van der Waals surface area contributed by atoms with Crippen molar-refractivity contribution in [1.82, 2.24) is 4.98 Å². The van der Waals surface area contributed by atoms with E-state index in [0.29, 0.717) is 11.5 Å². The molecule has 0 saturated carbocycles. The van der Waals surface area contributed by atoms with Crippen molar-refractivity contribution in [3.8, 4) is 0 Å². The molecule has 21 heavy (non-hydrogen) atoms. The van der Waals surface area contributed by atoms with Crippen molar-refractivity contribution in [1.29, 1.82) is 0 Å². The van der Waals surface area contributed by atoms with Crippen molar-refractivity contribution in [3.63, 3.8) is 0 Å². The lowest BCUT2D eigenvalue weighted by Crippen LogP contribution is -2.14. The molecule has 0 saturated heterocycles. The zero-order valence-corrected chi connectivity index (χ0v) is 12.2. The SMILES string of the molecule is C/C=C(\C)c1ccc(/C=N/N=C(\N)c2ccccn2)cc1. The molecule has 0 fully saturated rings. The quantitative estimate of drug-likeness (QED) is 0.530. The molecule has 2 rings (SSSR count). The van der Waals surface area contributed by atoms with Crippen LogP contribution in [0.5, 0.6) is 0 Å². The maximum Gasteiger partial charge on any atom is 0.171 e. The van der Waals surface area contributed by atoms with Crippen molar-refractivity contribution < 1.29 is 0 Å². The largest absolute Gasteiger partial charge is 0.380 e. The fourth-order valence-electron chi connectivity index (χ4n) is 1.72. The zero-order valence-electron chi connectivity index (χ0n) is 12.2. The first kappa shape index (κ1) is 14.7. The van der Waals surface area contributed by atoms with Gasteiger partial charge < -0.3 is 5.73 Å². The van der Waals surface area contributed by atoms with Crippen LogP contribution in [0.25, 0.3) is 5.57 Å². The number of pyridine rings is 1. The van der Waals surface area contributed by atoms with Crippen LogP contribution in [-0.2, 0) is 0 Å². The molecule has 4 nitrogen and oxygen atoms in total. The Balaban J connectivity index is 2.08. The number of amidine groups is 1. The van der Waals surface area contributed by atoms with E-state index >= 15 is 0 Å². The van der Waals surface area contributed by atoms with Gasteiger partial charge in [0.05, 0.1) is 6.21 Å².